The van der Waals surface area contributed by atoms with Crippen LogP contribution in [0.3, 0.4) is 0 Å². The molecule has 20 heavy (non-hydrogen) atoms. The van der Waals surface area contributed by atoms with Gasteiger partial charge in [0, 0.05) is 12.6 Å². The van der Waals surface area contributed by atoms with Crippen molar-refractivity contribution in [2.24, 2.45) is 5.73 Å². The smallest absolute Gasteiger partial charge is 0.311 e. The fourth-order valence-corrected chi connectivity index (χ4v) is 1.90. The van der Waals surface area contributed by atoms with Gasteiger partial charge in [0.05, 0.1) is 4.92 Å². The summed E-state index contributed by atoms with van der Waals surface area (Å²) in [7, 11) is 0. The lowest BCUT2D eigenvalue weighted by atomic mass is 10.1. The summed E-state index contributed by atoms with van der Waals surface area (Å²) >= 11 is 0. The topological polar surface area (TPSA) is 78.4 Å². The molecule has 104 valence electrons. The molecule has 2 N–H and O–H groups in total. The van der Waals surface area contributed by atoms with Gasteiger partial charge in [-0.2, -0.15) is 0 Å². The van der Waals surface area contributed by atoms with E-state index in [2.05, 4.69) is 0 Å². The summed E-state index contributed by atoms with van der Waals surface area (Å²) < 4.78 is 5.78. The van der Waals surface area contributed by atoms with Crippen LogP contribution in [0.15, 0.2) is 36.4 Å². The normalized spacial score (nSPS) is 10.3. The van der Waals surface area contributed by atoms with Gasteiger partial charge in [-0.1, -0.05) is 24.3 Å². The van der Waals surface area contributed by atoms with E-state index >= 15 is 0 Å². The van der Waals surface area contributed by atoms with Gasteiger partial charge < -0.3 is 10.5 Å². The van der Waals surface area contributed by atoms with Crippen molar-refractivity contribution in [3.05, 3.63) is 63.2 Å². The highest BCUT2D eigenvalue weighted by molar-refractivity contribution is 5.54. The van der Waals surface area contributed by atoms with Crippen LogP contribution >= 0.6 is 0 Å². The molecule has 5 nitrogen and oxygen atoms in total. The third-order valence-electron chi connectivity index (χ3n) is 3.09. The van der Waals surface area contributed by atoms with E-state index in [9.17, 15) is 10.1 Å². The molecule has 0 radical (unpaired) electrons. The van der Waals surface area contributed by atoms with Crippen molar-refractivity contribution in [1.82, 2.24) is 0 Å². The summed E-state index contributed by atoms with van der Waals surface area (Å²) in [6.45, 7) is 4.07. The molecular formula is C15H16N2O3. The molecule has 0 aliphatic heterocycles. The number of hydrogen-bond acceptors (Lipinski definition) is 4. The maximum absolute atomic E-state index is 11.1. The minimum atomic E-state index is -0.440. The van der Waals surface area contributed by atoms with Crippen molar-refractivity contribution < 1.29 is 9.66 Å². The fraction of sp³-hybridized carbons (Fsp3) is 0.200. The van der Waals surface area contributed by atoms with Crippen LogP contribution in [-0.4, -0.2) is 4.92 Å². The first-order chi connectivity index (χ1) is 9.52. The Balaban J connectivity index is 2.47. The van der Waals surface area contributed by atoms with E-state index in [1.54, 1.807) is 19.1 Å². The molecule has 2 rings (SSSR count). The first-order valence-electron chi connectivity index (χ1n) is 6.24. The maximum atomic E-state index is 11.1. The Morgan fingerprint density at radius 3 is 2.60 bits per heavy atom. The number of nitro benzene ring substituents is 1. The lowest BCUT2D eigenvalue weighted by molar-refractivity contribution is -0.385. The van der Waals surface area contributed by atoms with Gasteiger partial charge in [0.25, 0.3) is 0 Å². The summed E-state index contributed by atoms with van der Waals surface area (Å²) in [4.78, 5) is 10.6. The van der Waals surface area contributed by atoms with Gasteiger partial charge in [0.1, 0.15) is 5.75 Å². The van der Waals surface area contributed by atoms with E-state index in [1.807, 2.05) is 25.1 Å². The maximum Gasteiger partial charge on any atom is 0.311 e. The number of hydrogen-bond donors (Lipinski definition) is 1. The standard InChI is InChI=1S/C15H16N2O3/c1-10-6-7-12(9-16)8-14(10)20-15-11(2)4-3-5-13(15)17(18)19/h3-8H,9,16H2,1-2H3. The van der Waals surface area contributed by atoms with Crippen molar-refractivity contribution in [2.75, 3.05) is 0 Å². The predicted octanol–water partition coefficient (Wildman–Crippen LogP) is 3.46. The molecule has 0 atom stereocenters. The average Bonchev–Trinajstić information content (AvgIpc) is 2.43. The third-order valence-corrected chi connectivity index (χ3v) is 3.09. The largest absolute Gasteiger partial charge is 0.450 e. The first kappa shape index (κ1) is 14.0. The van der Waals surface area contributed by atoms with Crippen LogP contribution in [0.2, 0.25) is 0 Å². The Morgan fingerprint density at radius 2 is 1.95 bits per heavy atom. The highest BCUT2D eigenvalue weighted by Gasteiger charge is 2.18. The summed E-state index contributed by atoms with van der Waals surface area (Å²) in [5, 5.41) is 11.1. The van der Waals surface area contributed by atoms with E-state index < -0.39 is 4.92 Å². The van der Waals surface area contributed by atoms with Crippen molar-refractivity contribution in [2.45, 2.75) is 20.4 Å². The Hall–Kier alpha value is -2.40. The van der Waals surface area contributed by atoms with Crippen molar-refractivity contribution in [3.63, 3.8) is 0 Å². The zero-order chi connectivity index (χ0) is 14.7. The highest BCUT2D eigenvalue weighted by atomic mass is 16.6. The molecule has 0 bridgehead atoms. The van der Waals surface area contributed by atoms with Crippen LogP contribution in [-0.2, 0) is 6.54 Å². The molecule has 0 unspecified atom stereocenters. The number of nitrogens with zero attached hydrogens (tertiary/aromatic N) is 1. The van der Waals surface area contributed by atoms with Gasteiger partial charge in [-0.25, -0.2) is 0 Å². The zero-order valence-corrected chi connectivity index (χ0v) is 11.4. The predicted molar refractivity (Wildman–Crippen MR) is 77.0 cm³/mol. The number of ether oxygens (including phenoxy) is 1. The van der Waals surface area contributed by atoms with Crippen LogP contribution in [0, 0.1) is 24.0 Å². The molecule has 0 saturated heterocycles. The summed E-state index contributed by atoms with van der Waals surface area (Å²) in [6, 6.07) is 10.5. The Kier molecular flexibility index (Phi) is 4.00. The van der Waals surface area contributed by atoms with Gasteiger partial charge in [0.15, 0.2) is 0 Å². The summed E-state index contributed by atoms with van der Waals surface area (Å²) in [6.07, 6.45) is 0. The number of rotatable bonds is 4. The second-order valence-corrected chi connectivity index (χ2v) is 4.59. The molecule has 0 fully saturated rings. The van der Waals surface area contributed by atoms with E-state index in [0.717, 1.165) is 16.7 Å². The van der Waals surface area contributed by atoms with Gasteiger partial charge in [-0.05, 0) is 36.6 Å². The Morgan fingerprint density at radius 1 is 1.20 bits per heavy atom. The average molecular weight is 272 g/mol. The number of para-hydroxylation sites is 1. The van der Waals surface area contributed by atoms with Gasteiger partial charge in [0.2, 0.25) is 5.75 Å². The molecule has 0 aliphatic carbocycles. The van der Waals surface area contributed by atoms with E-state index in [1.165, 1.54) is 6.07 Å². The number of nitrogens with two attached hydrogens (primary N) is 1. The van der Waals surface area contributed by atoms with E-state index in [-0.39, 0.29) is 11.4 Å². The van der Waals surface area contributed by atoms with E-state index in [0.29, 0.717) is 12.3 Å². The van der Waals surface area contributed by atoms with Crippen LogP contribution in [0.4, 0.5) is 5.69 Å². The van der Waals surface area contributed by atoms with E-state index in [4.69, 9.17) is 10.5 Å². The third kappa shape index (κ3) is 2.78. The zero-order valence-electron chi connectivity index (χ0n) is 11.4. The lowest BCUT2D eigenvalue weighted by Gasteiger charge is -2.12. The molecule has 0 spiro atoms. The molecule has 2 aromatic rings. The lowest BCUT2D eigenvalue weighted by Crippen LogP contribution is -1.99. The minimum absolute atomic E-state index is 0.0393. The van der Waals surface area contributed by atoms with Crippen LogP contribution in [0.1, 0.15) is 16.7 Å². The second-order valence-electron chi connectivity index (χ2n) is 4.59. The summed E-state index contributed by atoms with van der Waals surface area (Å²) in [5.41, 5.74) is 8.11. The number of aryl methyl sites for hydroxylation is 2. The van der Waals surface area contributed by atoms with Gasteiger partial charge >= 0.3 is 5.69 Å². The minimum Gasteiger partial charge on any atom is -0.450 e. The molecule has 0 saturated carbocycles. The van der Waals surface area contributed by atoms with Gasteiger partial charge in [-0.15, -0.1) is 0 Å². The van der Waals surface area contributed by atoms with Crippen molar-refractivity contribution in [3.8, 4) is 11.5 Å². The Labute approximate surface area is 117 Å². The number of nitro groups is 1. The van der Waals surface area contributed by atoms with Crippen molar-refractivity contribution >= 4 is 5.69 Å². The molecule has 5 heteroatoms. The molecule has 0 amide bonds. The van der Waals surface area contributed by atoms with Crippen molar-refractivity contribution in [1.29, 1.82) is 0 Å². The first-order valence-corrected chi connectivity index (χ1v) is 6.24. The van der Waals surface area contributed by atoms with Crippen LogP contribution in [0.25, 0.3) is 0 Å². The number of benzene rings is 2. The Bertz CT molecular complexity index is 654. The molecule has 0 aromatic heterocycles. The monoisotopic (exact) mass is 272 g/mol. The molecule has 0 aliphatic rings. The van der Waals surface area contributed by atoms with Crippen LogP contribution < -0.4 is 10.5 Å². The molecule has 0 heterocycles. The van der Waals surface area contributed by atoms with Crippen LogP contribution in [0.5, 0.6) is 11.5 Å². The fourth-order valence-electron chi connectivity index (χ4n) is 1.90. The SMILES string of the molecule is Cc1ccc(CN)cc1Oc1c(C)cccc1[N+](=O)[O-]. The highest BCUT2D eigenvalue weighted by Crippen LogP contribution is 2.35. The molecule has 2 aromatic carbocycles. The summed E-state index contributed by atoms with van der Waals surface area (Å²) in [5.74, 6) is 0.861. The molecular weight excluding hydrogens is 256 g/mol. The quantitative estimate of drug-likeness (QED) is 0.682. The second kappa shape index (κ2) is 5.71. The van der Waals surface area contributed by atoms with Gasteiger partial charge in [-0.3, -0.25) is 10.1 Å².